The summed E-state index contributed by atoms with van der Waals surface area (Å²) < 4.78 is 37.9. The first-order chi connectivity index (χ1) is 7.98. The first kappa shape index (κ1) is 12.0. The molecule has 2 heterocycles. The highest BCUT2D eigenvalue weighted by molar-refractivity contribution is 7.71. The molecule has 9 heteroatoms. The average molecular weight is 278 g/mol. The van der Waals surface area contributed by atoms with Crippen molar-refractivity contribution in [3.05, 3.63) is 33.0 Å². The zero-order valence-electron chi connectivity index (χ0n) is 8.10. The third-order valence-corrected chi connectivity index (χ3v) is 2.74. The summed E-state index contributed by atoms with van der Waals surface area (Å²) in [7, 11) is 0. The molecule has 4 nitrogen and oxygen atoms in total. The number of hydrogen-bond acceptors (Lipinski definition) is 4. The minimum Gasteiger partial charge on any atom is -0.250 e. The maximum atomic E-state index is 12.5. The fourth-order valence-electron chi connectivity index (χ4n) is 1.06. The van der Waals surface area contributed by atoms with Crippen LogP contribution in [0.25, 0.3) is 0 Å². The Hall–Kier alpha value is -1.48. The maximum Gasteiger partial charge on any atom is 0.453 e. The van der Waals surface area contributed by atoms with E-state index in [2.05, 4.69) is 27.5 Å². The Balaban J connectivity index is 2.39. The SMILES string of the molecule is FC(F)(F)c1n[nH]c(=S)n1/N=C/c1ccsc1. The van der Waals surface area contributed by atoms with Crippen molar-refractivity contribution in [1.82, 2.24) is 14.9 Å². The molecule has 0 radical (unpaired) electrons. The first-order valence-corrected chi connectivity index (χ1v) is 5.65. The van der Waals surface area contributed by atoms with Crippen LogP contribution < -0.4 is 0 Å². The molecular formula is C8H5F3N4S2. The molecule has 2 aromatic rings. The van der Waals surface area contributed by atoms with Gasteiger partial charge in [-0.1, -0.05) is 0 Å². The summed E-state index contributed by atoms with van der Waals surface area (Å²) in [5.41, 5.74) is 0.700. The molecule has 0 aromatic carbocycles. The molecule has 0 fully saturated rings. The van der Waals surface area contributed by atoms with Crippen LogP contribution in [0.3, 0.4) is 0 Å². The number of aromatic amines is 1. The van der Waals surface area contributed by atoms with Gasteiger partial charge in [0, 0.05) is 5.56 Å². The summed E-state index contributed by atoms with van der Waals surface area (Å²) in [6.07, 6.45) is -3.31. The van der Waals surface area contributed by atoms with E-state index >= 15 is 0 Å². The van der Waals surface area contributed by atoms with Crippen molar-refractivity contribution in [1.29, 1.82) is 0 Å². The molecular weight excluding hydrogens is 273 g/mol. The number of rotatable bonds is 2. The van der Waals surface area contributed by atoms with Gasteiger partial charge in [0.25, 0.3) is 5.82 Å². The van der Waals surface area contributed by atoms with Crippen LogP contribution in [0.5, 0.6) is 0 Å². The Kier molecular flexibility index (Phi) is 3.11. The monoisotopic (exact) mass is 278 g/mol. The molecule has 1 N–H and O–H groups in total. The van der Waals surface area contributed by atoms with Gasteiger partial charge in [-0.3, -0.25) is 0 Å². The summed E-state index contributed by atoms with van der Waals surface area (Å²) in [5, 5.41) is 12.4. The molecule has 0 saturated heterocycles. The third kappa shape index (κ3) is 2.61. The lowest BCUT2D eigenvalue weighted by molar-refractivity contribution is -0.147. The number of alkyl halides is 3. The zero-order chi connectivity index (χ0) is 12.5. The minimum absolute atomic E-state index is 0.205. The van der Waals surface area contributed by atoms with Crippen LogP contribution >= 0.6 is 23.6 Å². The normalized spacial score (nSPS) is 12.4. The van der Waals surface area contributed by atoms with Crippen LogP contribution in [0, 0.1) is 4.77 Å². The smallest absolute Gasteiger partial charge is 0.250 e. The van der Waals surface area contributed by atoms with E-state index in [1.54, 1.807) is 16.8 Å². The molecule has 0 aliphatic rings. The second-order valence-electron chi connectivity index (χ2n) is 2.96. The topological polar surface area (TPSA) is 46.0 Å². The molecule has 0 unspecified atom stereocenters. The van der Waals surface area contributed by atoms with Crippen molar-refractivity contribution in [3.63, 3.8) is 0 Å². The van der Waals surface area contributed by atoms with Gasteiger partial charge in [0.15, 0.2) is 0 Å². The molecule has 0 atom stereocenters. The van der Waals surface area contributed by atoms with Crippen molar-refractivity contribution < 1.29 is 13.2 Å². The first-order valence-electron chi connectivity index (χ1n) is 4.29. The summed E-state index contributed by atoms with van der Waals surface area (Å²) in [4.78, 5) is 0. The average Bonchev–Trinajstić information content (AvgIpc) is 2.83. The Labute approximate surface area is 102 Å². The van der Waals surface area contributed by atoms with Gasteiger partial charge in [-0.2, -0.15) is 34.3 Å². The molecule has 17 heavy (non-hydrogen) atoms. The van der Waals surface area contributed by atoms with Crippen molar-refractivity contribution in [2.75, 3.05) is 0 Å². The van der Waals surface area contributed by atoms with Crippen LogP contribution in [0.1, 0.15) is 11.4 Å². The molecule has 0 aliphatic carbocycles. The number of thiophene rings is 1. The lowest BCUT2D eigenvalue weighted by atomic mass is 10.4. The minimum atomic E-state index is -4.60. The van der Waals surface area contributed by atoms with E-state index in [-0.39, 0.29) is 4.77 Å². The van der Waals surface area contributed by atoms with Crippen LogP contribution in [-0.4, -0.2) is 21.1 Å². The van der Waals surface area contributed by atoms with E-state index in [0.717, 1.165) is 0 Å². The summed E-state index contributed by atoms with van der Waals surface area (Å²) in [6.45, 7) is 0. The lowest BCUT2D eigenvalue weighted by Gasteiger charge is -2.03. The van der Waals surface area contributed by atoms with Crippen molar-refractivity contribution in [3.8, 4) is 0 Å². The number of aromatic nitrogens is 3. The van der Waals surface area contributed by atoms with E-state index in [0.29, 0.717) is 10.2 Å². The molecule has 0 amide bonds. The summed E-state index contributed by atoms with van der Waals surface area (Å²) >= 11 is 6.09. The number of halogens is 3. The van der Waals surface area contributed by atoms with Crippen LogP contribution in [0.2, 0.25) is 0 Å². The van der Waals surface area contributed by atoms with Gasteiger partial charge in [0.05, 0.1) is 6.21 Å². The predicted molar refractivity (Wildman–Crippen MR) is 59.7 cm³/mol. The highest BCUT2D eigenvalue weighted by atomic mass is 32.1. The second kappa shape index (κ2) is 4.41. The third-order valence-electron chi connectivity index (χ3n) is 1.77. The van der Waals surface area contributed by atoms with Crippen LogP contribution in [0.4, 0.5) is 13.2 Å². The quantitative estimate of drug-likeness (QED) is 0.678. The Morgan fingerprint density at radius 1 is 1.53 bits per heavy atom. The number of nitrogens with zero attached hydrogens (tertiary/aromatic N) is 3. The summed E-state index contributed by atoms with van der Waals surface area (Å²) in [6, 6.07) is 1.73. The predicted octanol–water partition coefficient (Wildman–Crippen LogP) is 2.90. The van der Waals surface area contributed by atoms with Gasteiger partial charge >= 0.3 is 6.18 Å². The standard InChI is InChI=1S/C8H5F3N4S2/c9-8(10,11)6-13-14-7(16)15(6)12-3-5-1-2-17-4-5/h1-4H,(H,14,16)/b12-3+. The number of H-pyrrole nitrogens is 1. The van der Waals surface area contributed by atoms with E-state index in [9.17, 15) is 13.2 Å². The maximum absolute atomic E-state index is 12.5. The highest BCUT2D eigenvalue weighted by Crippen LogP contribution is 2.27. The highest BCUT2D eigenvalue weighted by Gasteiger charge is 2.37. The van der Waals surface area contributed by atoms with Gasteiger partial charge in [0.1, 0.15) is 0 Å². The Bertz CT molecular complexity index is 579. The van der Waals surface area contributed by atoms with Crippen molar-refractivity contribution in [2.45, 2.75) is 6.18 Å². The largest absolute Gasteiger partial charge is 0.453 e. The van der Waals surface area contributed by atoms with Crippen molar-refractivity contribution >= 4 is 29.8 Å². The fourth-order valence-corrected chi connectivity index (χ4v) is 1.85. The molecule has 90 valence electrons. The molecule has 2 aromatic heterocycles. The van der Waals surface area contributed by atoms with Gasteiger partial charge < -0.3 is 0 Å². The Morgan fingerprint density at radius 2 is 2.29 bits per heavy atom. The molecule has 0 aliphatic heterocycles. The number of nitrogens with one attached hydrogen (secondary N) is 1. The van der Waals surface area contributed by atoms with E-state index < -0.39 is 12.0 Å². The van der Waals surface area contributed by atoms with Crippen molar-refractivity contribution in [2.24, 2.45) is 5.10 Å². The van der Waals surface area contributed by atoms with Gasteiger partial charge in [-0.05, 0) is 29.0 Å². The second-order valence-corrected chi connectivity index (χ2v) is 4.13. The van der Waals surface area contributed by atoms with Gasteiger partial charge in [0.2, 0.25) is 4.77 Å². The fraction of sp³-hybridized carbons (Fsp3) is 0.125. The van der Waals surface area contributed by atoms with Crippen LogP contribution in [0.15, 0.2) is 21.9 Å². The molecule has 0 bridgehead atoms. The molecule has 0 saturated carbocycles. The number of hydrogen-bond donors (Lipinski definition) is 1. The molecule has 0 spiro atoms. The zero-order valence-corrected chi connectivity index (χ0v) is 9.73. The summed E-state index contributed by atoms with van der Waals surface area (Å²) in [5.74, 6) is -1.17. The van der Waals surface area contributed by atoms with E-state index in [1.165, 1.54) is 17.6 Å². The van der Waals surface area contributed by atoms with E-state index in [4.69, 9.17) is 0 Å². The van der Waals surface area contributed by atoms with Crippen LogP contribution in [-0.2, 0) is 6.18 Å². The van der Waals surface area contributed by atoms with Gasteiger partial charge in [-0.15, -0.1) is 5.10 Å². The van der Waals surface area contributed by atoms with Gasteiger partial charge in [-0.25, -0.2) is 5.10 Å². The van der Waals surface area contributed by atoms with E-state index in [1.807, 2.05) is 0 Å². The lowest BCUT2D eigenvalue weighted by Crippen LogP contribution is -2.12. The molecule has 2 rings (SSSR count). The Morgan fingerprint density at radius 3 is 2.88 bits per heavy atom.